The second-order valence-electron chi connectivity index (χ2n) is 7.00. The van der Waals surface area contributed by atoms with Crippen molar-refractivity contribution in [1.29, 1.82) is 0 Å². The second kappa shape index (κ2) is 5.50. The normalized spacial score (nSPS) is 40.2. The van der Waals surface area contributed by atoms with Crippen molar-refractivity contribution in [3.63, 3.8) is 0 Å². The molecule has 1 saturated carbocycles. The van der Waals surface area contributed by atoms with Crippen LogP contribution in [-0.2, 0) is 9.59 Å². The number of nitrogens with one attached hydrogen (secondary N) is 1. The van der Waals surface area contributed by atoms with E-state index in [0.717, 1.165) is 37.9 Å². The van der Waals surface area contributed by atoms with Gasteiger partial charge in [0.2, 0.25) is 5.91 Å². The van der Waals surface area contributed by atoms with Gasteiger partial charge in [0.25, 0.3) is 0 Å². The largest absolute Gasteiger partial charge is 0.477 e. The Hall–Kier alpha value is -1.05. The molecule has 3 heterocycles. The number of aliphatic hydroxyl groups is 1. The fraction of sp³-hybridized carbons (Fsp3) is 0.750. The Balaban J connectivity index is 1.64. The van der Waals surface area contributed by atoms with Gasteiger partial charge in [-0.3, -0.25) is 4.79 Å². The van der Waals surface area contributed by atoms with Crippen molar-refractivity contribution < 1.29 is 19.8 Å². The number of rotatable bonds is 4. The van der Waals surface area contributed by atoms with Crippen molar-refractivity contribution in [2.45, 2.75) is 48.8 Å². The van der Waals surface area contributed by atoms with Crippen LogP contribution in [0, 0.1) is 11.8 Å². The molecule has 4 aliphatic rings. The standard InChI is InChI=1S/C16H22N2O4S/c1-7(19)11-13-9-2-3-10(23-8-4-5-17-6-8)12(9)14(16(21)22)18(13)15(11)20/h7-11,13,17,19H,2-6H2,1H3,(H,21,22)/t7-,8+,9-,10?,11-,13-/m1/s1. The van der Waals surface area contributed by atoms with E-state index in [1.807, 2.05) is 11.8 Å². The number of carboxylic acids is 1. The average molecular weight is 338 g/mol. The molecule has 0 aromatic carbocycles. The highest BCUT2D eigenvalue weighted by atomic mass is 32.2. The lowest BCUT2D eigenvalue weighted by Gasteiger charge is -2.46. The van der Waals surface area contributed by atoms with Gasteiger partial charge in [0.15, 0.2) is 0 Å². The molecule has 3 fully saturated rings. The Kier molecular flexibility index (Phi) is 3.70. The Morgan fingerprint density at radius 2 is 2.17 bits per heavy atom. The number of thioether (sulfide) groups is 1. The van der Waals surface area contributed by atoms with Gasteiger partial charge in [-0.2, -0.15) is 0 Å². The molecule has 0 aromatic heterocycles. The summed E-state index contributed by atoms with van der Waals surface area (Å²) in [6.07, 6.45) is 2.29. The van der Waals surface area contributed by atoms with E-state index < -0.39 is 18.0 Å². The highest BCUT2D eigenvalue weighted by molar-refractivity contribution is 8.00. The molecular weight excluding hydrogens is 316 g/mol. The highest BCUT2D eigenvalue weighted by Crippen LogP contribution is 2.56. The Morgan fingerprint density at radius 1 is 1.39 bits per heavy atom. The van der Waals surface area contributed by atoms with Gasteiger partial charge in [-0.05, 0) is 38.3 Å². The summed E-state index contributed by atoms with van der Waals surface area (Å²) < 4.78 is 0. The molecule has 4 rings (SSSR count). The van der Waals surface area contributed by atoms with Crippen LogP contribution in [0.1, 0.15) is 26.2 Å². The van der Waals surface area contributed by atoms with Crippen molar-refractivity contribution in [3.8, 4) is 0 Å². The van der Waals surface area contributed by atoms with E-state index in [0.29, 0.717) is 5.25 Å². The maximum absolute atomic E-state index is 12.3. The van der Waals surface area contributed by atoms with Crippen LogP contribution in [0.2, 0.25) is 0 Å². The van der Waals surface area contributed by atoms with E-state index in [4.69, 9.17) is 0 Å². The topological polar surface area (TPSA) is 89.9 Å². The molecule has 2 saturated heterocycles. The third kappa shape index (κ3) is 2.16. The molecule has 126 valence electrons. The smallest absolute Gasteiger partial charge is 0.352 e. The number of amides is 1. The molecule has 3 N–H and O–H groups in total. The maximum Gasteiger partial charge on any atom is 0.352 e. The molecular formula is C16H22N2O4S. The second-order valence-corrected chi connectivity index (χ2v) is 8.51. The first-order valence-corrected chi connectivity index (χ1v) is 9.29. The van der Waals surface area contributed by atoms with Crippen LogP contribution >= 0.6 is 11.8 Å². The molecule has 3 aliphatic heterocycles. The number of β-lactam (4-membered cyclic amide) rings is 1. The molecule has 23 heavy (non-hydrogen) atoms. The van der Waals surface area contributed by atoms with Crippen LogP contribution in [0.15, 0.2) is 11.3 Å². The van der Waals surface area contributed by atoms with E-state index in [1.165, 1.54) is 4.90 Å². The lowest BCUT2D eigenvalue weighted by atomic mass is 9.77. The van der Waals surface area contributed by atoms with Crippen LogP contribution in [0.3, 0.4) is 0 Å². The maximum atomic E-state index is 12.3. The molecule has 0 bridgehead atoms. The van der Waals surface area contributed by atoms with Crippen LogP contribution in [0.5, 0.6) is 0 Å². The number of fused-ring (bicyclic) bond motifs is 3. The van der Waals surface area contributed by atoms with Crippen LogP contribution in [0.4, 0.5) is 0 Å². The minimum Gasteiger partial charge on any atom is -0.477 e. The predicted molar refractivity (Wildman–Crippen MR) is 85.8 cm³/mol. The summed E-state index contributed by atoms with van der Waals surface area (Å²) in [4.78, 5) is 25.6. The van der Waals surface area contributed by atoms with E-state index in [9.17, 15) is 19.8 Å². The van der Waals surface area contributed by atoms with Crippen LogP contribution < -0.4 is 5.32 Å². The first-order valence-electron chi connectivity index (χ1n) is 8.35. The van der Waals surface area contributed by atoms with Crippen molar-refractivity contribution in [2.24, 2.45) is 11.8 Å². The molecule has 0 radical (unpaired) electrons. The number of nitrogens with zero attached hydrogens (tertiary/aromatic N) is 1. The average Bonchev–Trinajstić information content (AvgIpc) is 3.15. The minimum absolute atomic E-state index is 0.116. The number of carbonyl (C=O) groups excluding carboxylic acids is 1. The molecule has 6 atom stereocenters. The lowest BCUT2D eigenvalue weighted by Crippen LogP contribution is -2.63. The molecule has 1 unspecified atom stereocenters. The summed E-state index contributed by atoms with van der Waals surface area (Å²) in [5, 5.41) is 23.6. The van der Waals surface area contributed by atoms with Crippen LogP contribution in [0.25, 0.3) is 0 Å². The summed E-state index contributed by atoms with van der Waals surface area (Å²) >= 11 is 1.87. The summed E-state index contributed by atoms with van der Waals surface area (Å²) in [5.41, 5.74) is 1.17. The first-order chi connectivity index (χ1) is 11.0. The SMILES string of the molecule is C[C@@H](O)[C@H]1C(=O)N2C(C(=O)O)=C3C(S[C@H]4CCNC4)CC[C@H]3[C@H]12. The summed E-state index contributed by atoms with van der Waals surface area (Å²) in [7, 11) is 0. The third-order valence-corrected chi connectivity index (χ3v) is 7.30. The monoisotopic (exact) mass is 338 g/mol. The zero-order chi connectivity index (χ0) is 16.3. The predicted octanol–water partition coefficient (Wildman–Crippen LogP) is 0.420. The van der Waals surface area contributed by atoms with E-state index in [2.05, 4.69) is 5.32 Å². The quantitative estimate of drug-likeness (QED) is 0.644. The molecule has 0 spiro atoms. The molecule has 7 heteroatoms. The number of aliphatic hydroxyl groups excluding tert-OH is 1. The third-order valence-electron chi connectivity index (χ3n) is 5.70. The van der Waals surface area contributed by atoms with E-state index >= 15 is 0 Å². The van der Waals surface area contributed by atoms with Crippen molar-refractivity contribution in [1.82, 2.24) is 10.2 Å². The van der Waals surface area contributed by atoms with Crippen molar-refractivity contribution >= 4 is 23.6 Å². The number of carbonyl (C=O) groups is 2. The Labute approximate surface area is 139 Å². The van der Waals surface area contributed by atoms with Gasteiger partial charge in [-0.1, -0.05) is 0 Å². The number of hydrogen-bond donors (Lipinski definition) is 3. The molecule has 1 amide bonds. The fourth-order valence-corrected chi connectivity index (χ4v) is 6.40. The summed E-state index contributed by atoms with van der Waals surface area (Å²) in [5.74, 6) is -1.55. The summed E-state index contributed by atoms with van der Waals surface area (Å²) in [6, 6.07) is -0.143. The van der Waals surface area contributed by atoms with E-state index in [1.54, 1.807) is 6.92 Å². The van der Waals surface area contributed by atoms with Crippen molar-refractivity contribution in [3.05, 3.63) is 11.3 Å². The zero-order valence-electron chi connectivity index (χ0n) is 13.1. The summed E-state index contributed by atoms with van der Waals surface area (Å²) in [6.45, 7) is 3.63. The number of aliphatic carboxylic acids is 1. The lowest BCUT2D eigenvalue weighted by molar-refractivity contribution is -0.163. The number of carboxylic acid groups (broad SMARTS) is 1. The first kappa shape index (κ1) is 15.5. The molecule has 0 aromatic rings. The molecule has 6 nitrogen and oxygen atoms in total. The van der Waals surface area contributed by atoms with E-state index in [-0.39, 0.29) is 28.8 Å². The van der Waals surface area contributed by atoms with Crippen molar-refractivity contribution in [2.75, 3.05) is 13.1 Å². The fourth-order valence-electron chi connectivity index (χ4n) is 4.76. The van der Waals surface area contributed by atoms with Gasteiger partial charge in [0.1, 0.15) is 5.70 Å². The van der Waals surface area contributed by atoms with Gasteiger partial charge >= 0.3 is 5.97 Å². The Bertz CT molecular complexity index is 585. The van der Waals surface area contributed by atoms with Gasteiger partial charge in [0.05, 0.1) is 18.1 Å². The van der Waals surface area contributed by atoms with Gasteiger partial charge in [-0.25, -0.2) is 4.79 Å². The minimum atomic E-state index is -0.998. The highest BCUT2D eigenvalue weighted by Gasteiger charge is 2.63. The van der Waals surface area contributed by atoms with Gasteiger partial charge < -0.3 is 20.4 Å². The number of hydrogen-bond acceptors (Lipinski definition) is 5. The zero-order valence-corrected chi connectivity index (χ0v) is 13.9. The van der Waals surface area contributed by atoms with Gasteiger partial charge in [-0.15, -0.1) is 11.8 Å². The van der Waals surface area contributed by atoms with Crippen LogP contribution in [-0.4, -0.2) is 62.7 Å². The Morgan fingerprint density at radius 3 is 2.78 bits per heavy atom. The molecule has 1 aliphatic carbocycles. The van der Waals surface area contributed by atoms with Gasteiger partial charge in [0, 0.05) is 23.0 Å².